The summed E-state index contributed by atoms with van der Waals surface area (Å²) in [6, 6.07) is 5.05. The molecule has 20 heavy (non-hydrogen) atoms. The van der Waals surface area contributed by atoms with E-state index in [0.29, 0.717) is 21.8 Å². The van der Waals surface area contributed by atoms with Crippen LogP contribution in [-0.4, -0.2) is 9.97 Å². The second kappa shape index (κ2) is 6.15. The zero-order valence-electron chi connectivity index (χ0n) is 11.1. The molecule has 1 heterocycles. The van der Waals surface area contributed by atoms with Crippen LogP contribution in [0.3, 0.4) is 0 Å². The predicted octanol–water partition coefficient (Wildman–Crippen LogP) is 3.15. The molecule has 1 unspecified atom stereocenters. The number of aromatic nitrogens is 2. The number of anilines is 2. The fourth-order valence-corrected chi connectivity index (χ4v) is 2.01. The van der Waals surface area contributed by atoms with Gasteiger partial charge in [-0.3, -0.25) is 5.43 Å². The third kappa shape index (κ3) is 3.23. The smallest absolute Gasteiger partial charge is 0.239 e. The first-order chi connectivity index (χ1) is 9.51. The minimum Gasteiger partial charge on any atom is -0.362 e. The molecule has 106 valence electrons. The van der Waals surface area contributed by atoms with Gasteiger partial charge in [-0.05, 0) is 47.0 Å². The minimum absolute atomic E-state index is 0.109. The van der Waals surface area contributed by atoms with E-state index in [9.17, 15) is 4.39 Å². The van der Waals surface area contributed by atoms with Crippen molar-refractivity contribution in [3.05, 3.63) is 45.8 Å². The van der Waals surface area contributed by atoms with E-state index in [1.807, 2.05) is 13.0 Å². The third-order valence-corrected chi connectivity index (χ3v) is 3.50. The molecular weight excluding hydrogens is 325 g/mol. The lowest BCUT2D eigenvalue weighted by molar-refractivity contribution is 0.614. The van der Waals surface area contributed by atoms with Crippen molar-refractivity contribution in [2.45, 2.75) is 19.9 Å². The van der Waals surface area contributed by atoms with E-state index in [4.69, 9.17) is 5.84 Å². The summed E-state index contributed by atoms with van der Waals surface area (Å²) in [6.07, 6.45) is 1.59. The fraction of sp³-hybridized carbons (Fsp3) is 0.231. The molecular formula is C13H15BrFN5. The van der Waals surface area contributed by atoms with E-state index in [1.54, 1.807) is 19.2 Å². The van der Waals surface area contributed by atoms with E-state index >= 15 is 0 Å². The summed E-state index contributed by atoms with van der Waals surface area (Å²) in [4.78, 5) is 8.17. The molecule has 7 heteroatoms. The largest absolute Gasteiger partial charge is 0.362 e. The van der Waals surface area contributed by atoms with Crippen molar-refractivity contribution in [2.24, 2.45) is 5.84 Å². The van der Waals surface area contributed by atoms with Crippen LogP contribution >= 0.6 is 15.9 Å². The summed E-state index contributed by atoms with van der Waals surface area (Å²) in [5, 5.41) is 3.19. The van der Waals surface area contributed by atoms with Crippen LogP contribution in [0, 0.1) is 12.7 Å². The Balaban J connectivity index is 2.22. The molecule has 0 bridgehead atoms. The zero-order valence-corrected chi connectivity index (χ0v) is 12.7. The quantitative estimate of drug-likeness (QED) is 0.589. The average molecular weight is 340 g/mol. The molecule has 1 aromatic heterocycles. The summed E-state index contributed by atoms with van der Waals surface area (Å²) >= 11 is 3.36. The number of hydrazine groups is 1. The number of rotatable bonds is 4. The Hall–Kier alpha value is -1.73. The Morgan fingerprint density at radius 3 is 2.80 bits per heavy atom. The van der Waals surface area contributed by atoms with Gasteiger partial charge in [0, 0.05) is 6.20 Å². The SMILES string of the molecule is Cc1ccc(C(C)Nc2nc(NN)ncc2Br)cc1F. The van der Waals surface area contributed by atoms with Crippen LogP contribution in [0.15, 0.2) is 28.9 Å². The Bertz CT molecular complexity index is 620. The maximum atomic E-state index is 13.6. The van der Waals surface area contributed by atoms with Crippen molar-refractivity contribution in [1.82, 2.24) is 9.97 Å². The lowest BCUT2D eigenvalue weighted by Crippen LogP contribution is -2.14. The van der Waals surface area contributed by atoms with Gasteiger partial charge in [0.2, 0.25) is 5.95 Å². The number of benzene rings is 1. The van der Waals surface area contributed by atoms with Gasteiger partial charge in [-0.2, -0.15) is 4.98 Å². The van der Waals surface area contributed by atoms with Crippen molar-refractivity contribution in [1.29, 1.82) is 0 Å². The van der Waals surface area contributed by atoms with Crippen LogP contribution in [0.5, 0.6) is 0 Å². The average Bonchev–Trinajstić information content (AvgIpc) is 2.44. The van der Waals surface area contributed by atoms with Crippen LogP contribution in [0.4, 0.5) is 16.2 Å². The van der Waals surface area contributed by atoms with Gasteiger partial charge in [0.25, 0.3) is 0 Å². The van der Waals surface area contributed by atoms with Crippen molar-refractivity contribution < 1.29 is 4.39 Å². The molecule has 0 radical (unpaired) electrons. The first kappa shape index (κ1) is 14.7. The van der Waals surface area contributed by atoms with Crippen molar-refractivity contribution in [3.8, 4) is 0 Å². The molecule has 2 aromatic rings. The minimum atomic E-state index is -0.220. The Morgan fingerprint density at radius 2 is 2.15 bits per heavy atom. The van der Waals surface area contributed by atoms with E-state index in [0.717, 1.165) is 5.56 Å². The van der Waals surface area contributed by atoms with E-state index in [1.165, 1.54) is 6.07 Å². The first-order valence-electron chi connectivity index (χ1n) is 6.03. The molecule has 0 aliphatic heterocycles. The summed E-state index contributed by atoms with van der Waals surface area (Å²) in [6.45, 7) is 3.66. The number of halogens is 2. The predicted molar refractivity (Wildman–Crippen MR) is 80.7 cm³/mol. The number of aryl methyl sites for hydroxylation is 1. The summed E-state index contributed by atoms with van der Waals surface area (Å²) in [5.41, 5.74) is 3.84. The second-order valence-electron chi connectivity index (χ2n) is 4.41. The highest BCUT2D eigenvalue weighted by Crippen LogP contribution is 2.25. The van der Waals surface area contributed by atoms with Crippen molar-refractivity contribution in [2.75, 3.05) is 10.7 Å². The highest BCUT2D eigenvalue weighted by molar-refractivity contribution is 9.10. The van der Waals surface area contributed by atoms with Crippen LogP contribution in [0.1, 0.15) is 24.1 Å². The van der Waals surface area contributed by atoms with Crippen LogP contribution in [0.25, 0.3) is 0 Å². The normalized spacial score (nSPS) is 12.1. The zero-order chi connectivity index (χ0) is 14.7. The number of nitrogens with zero attached hydrogens (tertiary/aromatic N) is 2. The van der Waals surface area contributed by atoms with Gasteiger partial charge >= 0.3 is 0 Å². The number of hydrogen-bond acceptors (Lipinski definition) is 5. The molecule has 0 aliphatic rings. The number of nitrogens with two attached hydrogens (primary N) is 1. The van der Waals surface area contributed by atoms with Gasteiger partial charge in [0.05, 0.1) is 10.5 Å². The topological polar surface area (TPSA) is 75.9 Å². The van der Waals surface area contributed by atoms with Crippen LogP contribution < -0.4 is 16.6 Å². The molecule has 0 spiro atoms. The number of hydrogen-bond donors (Lipinski definition) is 3. The number of nitrogen functional groups attached to an aromatic ring is 1. The second-order valence-corrected chi connectivity index (χ2v) is 5.26. The molecule has 0 saturated heterocycles. The van der Waals surface area contributed by atoms with Crippen LogP contribution in [0.2, 0.25) is 0 Å². The molecule has 0 fully saturated rings. The summed E-state index contributed by atoms with van der Waals surface area (Å²) < 4.78 is 14.3. The Kier molecular flexibility index (Phi) is 4.51. The molecule has 1 atom stereocenters. The lowest BCUT2D eigenvalue weighted by Gasteiger charge is -2.16. The number of nitrogens with one attached hydrogen (secondary N) is 2. The molecule has 0 amide bonds. The van der Waals surface area contributed by atoms with Gasteiger partial charge in [0.15, 0.2) is 0 Å². The van der Waals surface area contributed by atoms with E-state index in [2.05, 4.69) is 36.6 Å². The Morgan fingerprint density at radius 1 is 1.40 bits per heavy atom. The van der Waals surface area contributed by atoms with Gasteiger partial charge in [0.1, 0.15) is 11.6 Å². The highest BCUT2D eigenvalue weighted by atomic mass is 79.9. The van der Waals surface area contributed by atoms with Crippen molar-refractivity contribution >= 4 is 27.7 Å². The van der Waals surface area contributed by atoms with Crippen LogP contribution in [-0.2, 0) is 0 Å². The molecule has 2 rings (SSSR count). The molecule has 4 N–H and O–H groups in total. The summed E-state index contributed by atoms with van der Waals surface area (Å²) in [5.74, 6) is 5.95. The maximum Gasteiger partial charge on any atom is 0.239 e. The Labute approximate surface area is 124 Å². The fourth-order valence-electron chi connectivity index (χ4n) is 1.70. The first-order valence-corrected chi connectivity index (χ1v) is 6.82. The van der Waals surface area contributed by atoms with Gasteiger partial charge in [-0.1, -0.05) is 12.1 Å². The third-order valence-electron chi connectivity index (χ3n) is 2.92. The maximum absolute atomic E-state index is 13.6. The standard InChI is InChI=1S/C13H15BrFN5/c1-7-3-4-9(5-11(7)15)8(2)18-12-10(14)6-17-13(19-12)20-16/h3-6,8H,16H2,1-2H3,(H2,17,18,19,20). The van der Waals surface area contributed by atoms with E-state index in [-0.39, 0.29) is 11.9 Å². The lowest BCUT2D eigenvalue weighted by atomic mass is 10.1. The van der Waals surface area contributed by atoms with Crippen molar-refractivity contribution in [3.63, 3.8) is 0 Å². The van der Waals surface area contributed by atoms with Gasteiger partial charge < -0.3 is 5.32 Å². The molecule has 0 saturated carbocycles. The monoisotopic (exact) mass is 339 g/mol. The van der Waals surface area contributed by atoms with Gasteiger partial charge in [-0.25, -0.2) is 15.2 Å². The molecule has 1 aromatic carbocycles. The van der Waals surface area contributed by atoms with Gasteiger partial charge in [-0.15, -0.1) is 0 Å². The highest BCUT2D eigenvalue weighted by Gasteiger charge is 2.11. The van der Waals surface area contributed by atoms with E-state index < -0.39 is 0 Å². The molecule has 5 nitrogen and oxygen atoms in total. The summed E-state index contributed by atoms with van der Waals surface area (Å²) in [7, 11) is 0. The molecule has 0 aliphatic carbocycles.